The molecule has 0 atom stereocenters. The second-order valence-electron chi connectivity index (χ2n) is 5.70. The molecule has 20 heavy (non-hydrogen) atoms. The Bertz CT molecular complexity index is 321. The Morgan fingerprint density at radius 1 is 0.650 bits per heavy atom. The van der Waals surface area contributed by atoms with Crippen molar-refractivity contribution < 1.29 is 0 Å². The van der Waals surface area contributed by atoms with Gasteiger partial charge in [-0.1, -0.05) is 75.1 Å². The van der Waals surface area contributed by atoms with Crippen LogP contribution in [0.3, 0.4) is 0 Å². The number of hydrogen-bond donors (Lipinski definition) is 1. The first-order chi connectivity index (χ1) is 9.83. The molecule has 0 heterocycles. The van der Waals surface area contributed by atoms with E-state index >= 15 is 0 Å². The molecule has 0 aromatic heterocycles. The van der Waals surface area contributed by atoms with E-state index in [9.17, 15) is 0 Å². The summed E-state index contributed by atoms with van der Waals surface area (Å²) in [6.45, 7) is 0.855. The molecule has 0 bridgehead atoms. The quantitative estimate of drug-likeness (QED) is 0.489. The summed E-state index contributed by atoms with van der Waals surface area (Å²) < 4.78 is 0. The van der Waals surface area contributed by atoms with Crippen LogP contribution >= 0.6 is 11.6 Å². The average Bonchev–Trinajstić information content (AvgIpc) is 2.47. The van der Waals surface area contributed by atoms with Crippen LogP contribution < -0.4 is 5.73 Å². The van der Waals surface area contributed by atoms with Crippen molar-refractivity contribution in [3.05, 3.63) is 34.9 Å². The van der Waals surface area contributed by atoms with E-state index in [2.05, 4.69) is 12.1 Å². The van der Waals surface area contributed by atoms with Crippen LogP contribution in [-0.2, 0) is 6.42 Å². The van der Waals surface area contributed by atoms with Crippen molar-refractivity contribution >= 4 is 11.6 Å². The van der Waals surface area contributed by atoms with Gasteiger partial charge in [-0.15, -0.1) is 0 Å². The fourth-order valence-corrected chi connectivity index (χ4v) is 2.66. The fourth-order valence-electron chi connectivity index (χ4n) is 2.54. The molecule has 2 heteroatoms. The first kappa shape index (κ1) is 17.5. The zero-order valence-corrected chi connectivity index (χ0v) is 13.5. The van der Waals surface area contributed by atoms with Crippen LogP contribution in [0.25, 0.3) is 0 Å². The fraction of sp³-hybridized carbons (Fsp3) is 0.667. The lowest BCUT2D eigenvalue weighted by molar-refractivity contribution is 0.553. The van der Waals surface area contributed by atoms with Gasteiger partial charge in [0.15, 0.2) is 0 Å². The third kappa shape index (κ3) is 9.39. The Hall–Kier alpha value is -0.530. The van der Waals surface area contributed by atoms with Gasteiger partial charge in [0.2, 0.25) is 0 Å². The molecule has 0 saturated heterocycles. The van der Waals surface area contributed by atoms with Gasteiger partial charge in [0.05, 0.1) is 0 Å². The highest BCUT2D eigenvalue weighted by molar-refractivity contribution is 6.30. The van der Waals surface area contributed by atoms with Crippen molar-refractivity contribution in [2.75, 3.05) is 6.54 Å². The summed E-state index contributed by atoms with van der Waals surface area (Å²) in [7, 11) is 0. The van der Waals surface area contributed by atoms with Crippen LogP contribution in [-0.4, -0.2) is 6.54 Å². The normalized spacial score (nSPS) is 10.9. The molecule has 0 saturated carbocycles. The Kier molecular flexibility index (Phi) is 10.7. The second kappa shape index (κ2) is 12.2. The molecule has 1 aromatic carbocycles. The molecule has 1 nitrogen and oxygen atoms in total. The lowest BCUT2D eigenvalue weighted by Crippen LogP contribution is -1.97. The summed E-state index contributed by atoms with van der Waals surface area (Å²) >= 11 is 5.88. The van der Waals surface area contributed by atoms with E-state index in [1.807, 2.05) is 12.1 Å². The smallest absolute Gasteiger partial charge is 0.0406 e. The molecule has 114 valence electrons. The van der Waals surface area contributed by atoms with Crippen molar-refractivity contribution in [2.24, 2.45) is 5.73 Å². The zero-order chi connectivity index (χ0) is 14.5. The van der Waals surface area contributed by atoms with Gasteiger partial charge in [-0.3, -0.25) is 0 Å². The van der Waals surface area contributed by atoms with Gasteiger partial charge in [0.25, 0.3) is 0 Å². The predicted molar refractivity (Wildman–Crippen MR) is 90.4 cm³/mol. The number of nitrogens with two attached hydrogens (primary N) is 1. The first-order valence-electron chi connectivity index (χ1n) is 8.27. The third-order valence-electron chi connectivity index (χ3n) is 3.83. The predicted octanol–water partition coefficient (Wildman–Crippen LogP) is 5.74. The van der Waals surface area contributed by atoms with Gasteiger partial charge in [-0.2, -0.15) is 0 Å². The molecule has 0 unspecified atom stereocenters. The number of benzene rings is 1. The molecule has 0 fully saturated rings. The topological polar surface area (TPSA) is 26.0 Å². The molecule has 0 aliphatic carbocycles. The van der Waals surface area contributed by atoms with E-state index in [0.29, 0.717) is 0 Å². The van der Waals surface area contributed by atoms with Gasteiger partial charge in [-0.05, 0) is 43.5 Å². The maximum Gasteiger partial charge on any atom is 0.0406 e. The van der Waals surface area contributed by atoms with Crippen molar-refractivity contribution in [1.82, 2.24) is 0 Å². The monoisotopic (exact) mass is 295 g/mol. The average molecular weight is 296 g/mol. The van der Waals surface area contributed by atoms with E-state index in [-0.39, 0.29) is 0 Å². The Morgan fingerprint density at radius 3 is 1.60 bits per heavy atom. The van der Waals surface area contributed by atoms with Crippen LogP contribution in [0.2, 0.25) is 5.02 Å². The molecule has 1 rings (SSSR count). The van der Waals surface area contributed by atoms with Gasteiger partial charge in [0.1, 0.15) is 0 Å². The van der Waals surface area contributed by atoms with E-state index in [1.54, 1.807) is 0 Å². The number of halogens is 1. The minimum atomic E-state index is 0.834. The molecule has 0 radical (unpaired) electrons. The van der Waals surface area contributed by atoms with Crippen LogP contribution in [0.5, 0.6) is 0 Å². The summed E-state index contributed by atoms with van der Waals surface area (Å²) in [5.74, 6) is 0. The van der Waals surface area contributed by atoms with Crippen LogP contribution in [0.1, 0.15) is 69.8 Å². The molecular formula is C18H30ClN. The van der Waals surface area contributed by atoms with Gasteiger partial charge in [0, 0.05) is 5.02 Å². The van der Waals surface area contributed by atoms with E-state index < -0.39 is 0 Å². The lowest BCUT2D eigenvalue weighted by Gasteiger charge is -2.03. The Morgan fingerprint density at radius 2 is 1.10 bits per heavy atom. The molecule has 0 spiro atoms. The van der Waals surface area contributed by atoms with E-state index in [0.717, 1.165) is 11.6 Å². The molecule has 0 amide bonds. The summed E-state index contributed by atoms with van der Waals surface area (Å²) in [5.41, 5.74) is 6.89. The summed E-state index contributed by atoms with van der Waals surface area (Å²) in [5, 5.41) is 0.834. The van der Waals surface area contributed by atoms with Crippen molar-refractivity contribution in [2.45, 2.75) is 70.6 Å². The van der Waals surface area contributed by atoms with Crippen molar-refractivity contribution in [3.8, 4) is 0 Å². The van der Waals surface area contributed by atoms with Gasteiger partial charge >= 0.3 is 0 Å². The Balaban J connectivity index is 1.84. The molecule has 0 aliphatic heterocycles. The van der Waals surface area contributed by atoms with Crippen LogP contribution in [0, 0.1) is 0 Å². The first-order valence-corrected chi connectivity index (χ1v) is 8.65. The lowest BCUT2D eigenvalue weighted by atomic mass is 10.0. The standard InChI is InChI=1S/C18H30ClN/c19-18-14-12-17(13-15-18)11-9-7-5-3-1-2-4-6-8-10-16-20/h12-15H,1-11,16,20H2. The summed E-state index contributed by atoms with van der Waals surface area (Å²) in [4.78, 5) is 0. The number of unbranched alkanes of at least 4 members (excludes halogenated alkanes) is 9. The highest BCUT2D eigenvalue weighted by Gasteiger charge is 1.95. The van der Waals surface area contributed by atoms with Crippen molar-refractivity contribution in [3.63, 3.8) is 0 Å². The number of rotatable bonds is 12. The van der Waals surface area contributed by atoms with E-state index in [4.69, 9.17) is 17.3 Å². The minimum Gasteiger partial charge on any atom is -0.330 e. The maximum absolute atomic E-state index is 5.88. The zero-order valence-electron chi connectivity index (χ0n) is 12.7. The van der Waals surface area contributed by atoms with E-state index in [1.165, 1.54) is 76.2 Å². The van der Waals surface area contributed by atoms with Crippen LogP contribution in [0.15, 0.2) is 24.3 Å². The van der Waals surface area contributed by atoms with Gasteiger partial charge in [-0.25, -0.2) is 0 Å². The number of hydrogen-bond acceptors (Lipinski definition) is 1. The van der Waals surface area contributed by atoms with Crippen LogP contribution in [0.4, 0.5) is 0 Å². The highest BCUT2D eigenvalue weighted by Crippen LogP contribution is 2.14. The van der Waals surface area contributed by atoms with Crippen molar-refractivity contribution in [1.29, 1.82) is 0 Å². The second-order valence-corrected chi connectivity index (χ2v) is 6.14. The third-order valence-corrected chi connectivity index (χ3v) is 4.08. The molecule has 1 aromatic rings. The maximum atomic E-state index is 5.88. The Labute approximate surface area is 129 Å². The molecular weight excluding hydrogens is 266 g/mol. The molecule has 2 N–H and O–H groups in total. The summed E-state index contributed by atoms with van der Waals surface area (Å²) in [6.07, 6.45) is 14.7. The minimum absolute atomic E-state index is 0.834. The molecule has 0 aliphatic rings. The SMILES string of the molecule is NCCCCCCCCCCCCc1ccc(Cl)cc1. The summed E-state index contributed by atoms with van der Waals surface area (Å²) in [6, 6.07) is 8.26. The number of aryl methyl sites for hydroxylation is 1. The highest BCUT2D eigenvalue weighted by atomic mass is 35.5. The largest absolute Gasteiger partial charge is 0.330 e. The van der Waals surface area contributed by atoms with Gasteiger partial charge < -0.3 is 5.73 Å².